The second-order valence-corrected chi connectivity index (χ2v) is 4.27. The average Bonchev–Trinajstić information content (AvgIpc) is 2.61. The molecule has 1 heterocycles. The summed E-state index contributed by atoms with van der Waals surface area (Å²) in [4.78, 5) is 15.4. The first-order valence-electron chi connectivity index (χ1n) is 4.45. The summed E-state index contributed by atoms with van der Waals surface area (Å²) in [7, 11) is 0. The zero-order chi connectivity index (χ0) is 9.10. The SMILES string of the molecule is O=C1CCCCC1Sc1ncco1. The third-order valence-corrected chi connectivity index (χ3v) is 3.34. The quantitative estimate of drug-likeness (QED) is 0.729. The lowest BCUT2D eigenvalue weighted by Crippen LogP contribution is -2.21. The fourth-order valence-electron chi connectivity index (χ4n) is 1.47. The van der Waals surface area contributed by atoms with Gasteiger partial charge in [-0.15, -0.1) is 0 Å². The maximum atomic E-state index is 11.4. The van der Waals surface area contributed by atoms with Crippen molar-refractivity contribution in [2.24, 2.45) is 0 Å². The predicted molar refractivity (Wildman–Crippen MR) is 49.6 cm³/mol. The van der Waals surface area contributed by atoms with Gasteiger partial charge in [-0.1, -0.05) is 18.2 Å². The number of rotatable bonds is 2. The monoisotopic (exact) mass is 197 g/mol. The van der Waals surface area contributed by atoms with E-state index in [9.17, 15) is 4.79 Å². The van der Waals surface area contributed by atoms with Gasteiger partial charge in [0.2, 0.25) is 0 Å². The van der Waals surface area contributed by atoms with E-state index in [0.717, 1.165) is 25.7 Å². The summed E-state index contributed by atoms with van der Waals surface area (Å²) < 4.78 is 5.08. The Hall–Kier alpha value is -0.770. The molecule has 0 spiro atoms. The second-order valence-electron chi connectivity index (χ2n) is 3.12. The molecule has 0 N–H and O–H groups in total. The largest absolute Gasteiger partial charge is 0.440 e. The Morgan fingerprint density at radius 1 is 1.54 bits per heavy atom. The normalized spacial score (nSPS) is 23.4. The van der Waals surface area contributed by atoms with Crippen LogP contribution in [0.4, 0.5) is 0 Å². The molecule has 1 unspecified atom stereocenters. The van der Waals surface area contributed by atoms with E-state index in [2.05, 4.69) is 4.98 Å². The van der Waals surface area contributed by atoms with Crippen LogP contribution in [0, 0.1) is 0 Å². The zero-order valence-corrected chi connectivity index (χ0v) is 8.05. The van der Waals surface area contributed by atoms with E-state index < -0.39 is 0 Å². The van der Waals surface area contributed by atoms with Crippen LogP contribution in [0.1, 0.15) is 25.7 Å². The topological polar surface area (TPSA) is 43.1 Å². The van der Waals surface area contributed by atoms with E-state index in [1.54, 1.807) is 6.20 Å². The van der Waals surface area contributed by atoms with Crippen LogP contribution in [0.3, 0.4) is 0 Å². The molecule has 1 saturated carbocycles. The van der Waals surface area contributed by atoms with Crippen LogP contribution in [-0.4, -0.2) is 16.0 Å². The number of nitrogens with zero attached hydrogens (tertiary/aromatic N) is 1. The Labute approximate surface area is 80.9 Å². The first kappa shape index (κ1) is 8.81. The van der Waals surface area contributed by atoms with E-state index in [0.29, 0.717) is 11.0 Å². The van der Waals surface area contributed by atoms with Crippen molar-refractivity contribution in [3.05, 3.63) is 12.5 Å². The highest BCUT2D eigenvalue weighted by molar-refractivity contribution is 8.00. The maximum Gasteiger partial charge on any atom is 0.256 e. The van der Waals surface area contributed by atoms with Gasteiger partial charge < -0.3 is 4.42 Å². The summed E-state index contributed by atoms with van der Waals surface area (Å²) in [6, 6.07) is 0. The van der Waals surface area contributed by atoms with Crippen molar-refractivity contribution in [2.45, 2.75) is 36.2 Å². The number of hydrogen-bond donors (Lipinski definition) is 0. The second kappa shape index (κ2) is 3.96. The Morgan fingerprint density at radius 3 is 3.15 bits per heavy atom. The Balaban J connectivity index is 1.97. The van der Waals surface area contributed by atoms with Gasteiger partial charge in [0, 0.05) is 6.42 Å². The van der Waals surface area contributed by atoms with Gasteiger partial charge in [-0.25, -0.2) is 4.98 Å². The van der Waals surface area contributed by atoms with Crippen LogP contribution >= 0.6 is 11.8 Å². The van der Waals surface area contributed by atoms with Gasteiger partial charge in [-0.3, -0.25) is 4.79 Å². The predicted octanol–water partition coefficient (Wildman–Crippen LogP) is 2.28. The van der Waals surface area contributed by atoms with Crippen molar-refractivity contribution in [1.29, 1.82) is 0 Å². The molecule has 0 bridgehead atoms. The highest BCUT2D eigenvalue weighted by Gasteiger charge is 2.24. The maximum absolute atomic E-state index is 11.4. The average molecular weight is 197 g/mol. The van der Waals surface area contributed by atoms with Crippen molar-refractivity contribution < 1.29 is 9.21 Å². The Bertz CT molecular complexity index is 284. The first-order chi connectivity index (χ1) is 6.36. The Kier molecular flexibility index (Phi) is 2.68. The molecule has 1 aliphatic carbocycles. The number of oxazole rings is 1. The molecule has 13 heavy (non-hydrogen) atoms. The van der Waals surface area contributed by atoms with Crippen LogP contribution in [0.15, 0.2) is 22.1 Å². The lowest BCUT2D eigenvalue weighted by Gasteiger charge is -2.17. The zero-order valence-electron chi connectivity index (χ0n) is 7.23. The third-order valence-electron chi connectivity index (χ3n) is 2.15. The Morgan fingerprint density at radius 2 is 2.46 bits per heavy atom. The minimum atomic E-state index is 0.0763. The highest BCUT2D eigenvalue weighted by atomic mass is 32.2. The number of hydrogen-bond acceptors (Lipinski definition) is 4. The number of aromatic nitrogens is 1. The highest BCUT2D eigenvalue weighted by Crippen LogP contribution is 2.30. The summed E-state index contributed by atoms with van der Waals surface area (Å²) >= 11 is 1.45. The fourth-order valence-corrected chi connectivity index (χ4v) is 2.48. The molecule has 1 aromatic heterocycles. The smallest absolute Gasteiger partial charge is 0.256 e. The summed E-state index contributed by atoms with van der Waals surface area (Å²) in [5.41, 5.74) is 0. The van der Waals surface area contributed by atoms with Gasteiger partial charge in [0.1, 0.15) is 12.0 Å². The molecule has 1 fully saturated rings. The van der Waals surface area contributed by atoms with E-state index in [1.165, 1.54) is 18.0 Å². The molecule has 1 atom stereocenters. The third kappa shape index (κ3) is 2.12. The summed E-state index contributed by atoms with van der Waals surface area (Å²) in [6.45, 7) is 0. The van der Waals surface area contributed by atoms with Crippen LogP contribution in [0.2, 0.25) is 0 Å². The standard InChI is InChI=1S/C9H11NO2S/c11-7-3-1-2-4-8(7)13-9-10-5-6-12-9/h5-6,8H,1-4H2. The van der Waals surface area contributed by atoms with Gasteiger partial charge in [-0.05, 0) is 12.8 Å². The summed E-state index contributed by atoms with van der Waals surface area (Å²) in [5, 5.41) is 0.688. The molecule has 0 amide bonds. The van der Waals surface area contributed by atoms with Gasteiger partial charge in [0.05, 0.1) is 11.4 Å². The van der Waals surface area contributed by atoms with E-state index in [4.69, 9.17) is 4.42 Å². The number of carbonyl (C=O) groups excluding carboxylic acids is 1. The van der Waals surface area contributed by atoms with E-state index in [1.807, 2.05) is 0 Å². The number of carbonyl (C=O) groups is 1. The number of thioether (sulfide) groups is 1. The van der Waals surface area contributed by atoms with Gasteiger partial charge in [0.25, 0.3) is 5.22 Å². The molecule has 70 valence electrons. The molecule has 1 aliphatic rings. The first-order valence-corrected chi connectivity index (χ1v) is 5.33. The van der Waals surface area contributed by atoms with Gasteiger partial charge >= 0.3 is 0 Å². The minimum absolute atomic E-state index is 0.0763. The van der Waals surface area contributed by atoms with Crippen LogP contribution in [0.5, 0.6) is 0 Å². The molecule has 4 heteroatoms. The molecule has 0 radical (unpaired) electrons. The van der Waals surface area contributed by atoms with Gasteiger partial charge in [-0.2, -0.15) is 0 Å². The molecular weight excluding hydrogens is 186 g/mol. The summed E-state index contributed by atoms with van der Waals surface area (Å²) in [6.07, 6.45) is 7.01. The van der Waals surface area contributed by atoms with Crippen LogP contribution < -0.4 is 0 Å². The molecule has 0 aromatic carbocycles. The van der Waals surface area contributed by atoms with Crippen LogP contribution in [-0.2, 0) is 4.79 Å². The lowest BCUT2D eigenvalue weighted by atomic mass is 9.99. The fraction of sp³-hybridized carbons (Fsp3) is 0.556. The van der Waals surface area contributed by atoms with Crippen molar-refractivity contribution in [3.8, 4) is 0 Å². The molecule has 2 rings (SSSR count). The summed E-state index contributed by atoms with van der Waals surface area (Å²) in [5.74, 6) is 0.342. The van der Waals surface area contributed by atoms with E-state index in [-0.39, 0.29) is 5.25 Å². The van der Waals surface area contributed by atoms with E-state index >= 15 is 0 Å². The number of Topliss-reactive ketones (excluding diaryl/α,β-unsaturated/α-hetero) is 1. The van der Waals surface area contributed by atoms with Crippen molar-refractivity contribution in [1.82, 2.24) is 4.98 Å². The van der Waals surface area contributed by atoms with Crippen molar-refractivity contribution in [2.75, 3.05) is 0 Å². The number of ketones is 1. The lowest BCUT2D eigenvalue weighted by molar-refractivity contribution is -0.119. The molecule has 0 aliphatic heterocycles. The van der Waals surface area contributed by atoms with Crippen molar-refractivity contribution in [3.63, 3.8) is 0 Å². The minimum Gasteiger partial charge on any atom is -0.440 e. The van der Waals surface area contributed by atoms with Crippen LogP contribution in [0.25, 0.3) is 0 Å². The molecule has 3 nitrogen and oxygen atoms in total. The van der Waals surface area contributed by atoms with Crippen molar-refractivity contribution >= 4 is 17.5 Å². The molecule has 0 saturated heterocycles. The van der Waals surface area contributed by atoms with Gasteiger partial charge in [0.15, 0.2) is 0 Å². The molecular formula is C9H11NO2S. The molecule has 1 aromatic rings.